The molecule has 0 atom stereocenters. The Hall–Kier alpha value is -4.64. The number of carboxylic acid groups (broad SMARTS) is 1. The molecule has 2 amide bonds. The lowest BCUT2D eigenvalue weighted by Gasteiger charge is -2.23. The van der Waals surface area contributed by atoms with Crippen LogP contribution >= 0.6 is 0 Å². The molecule has 0 saturated heterocycles. The Labute approximate surface area is 225 Å². The third-order valence-electron chi connectivity index (χ3n) is 5.75. The van der Waals surface area contributed by atoms with Gasteiger partial charge in [-0.05, 0) is 48.0 Å². The molecule has 0 aromatic heterocycles. The third-order valence-corrected chi connectivity index (χ3v) is 5.75. The Morgan fingerprint density at radius 3 is 2.36 bits per heavy atom. The van der Waals surface area contributed by atoms with E-state index in [1.807, 2.05) is 0 Å². The number of halogens is 1. The van der Waals surface area contributed by atoms with Gasteiger partial charge < -0.3 is 30.5 Å². The zero-order valence-corrected chi connectivity index (χ0v) is 21.9. The number of methoxy groups -OCH3 is 1. The summed E-state index contributed by atoms with van der Waals surface area (Å²) in [5.74, 6) is -0.944. The van der Waals surface area contributed by atoms with Crippen molar-refractivity contribution in [1.82, 2.24) is 5.32 Å². The van der Waals surface area contributed by atoms with Crippen molar-refractivity contribution in [3.05, 3.63) is 77.6 Å². The van der Waals surface area contributed by atoms with Crippen LogP contribution in [0.15, 0.2) is 60.7 Å². The van der Waals surface area contributed by atoms with E-state index in [2.05, 4.69) is 5.32 Å². The average molecular weight is 539 g/mol. The van der Waals surface area contributed by atoms with Gasteiger partial charge in [-0.1, -0.05) is 18.2 Å². The highest BCUT2D eigenvalue weighted by Crippen LogP contribution is 2.36. The number of carboxylic acids is 1. The third kappa shape index (κ3) is 7.45. The zero-order chi connectivity index (χ0) is 28.5. The molecule has 10 nitrogen and oxygen atoms in total. The first-order valence-corrected chi connectivity index (χ1v) is 12.0. The Morgan fingerprint density at radius 2 is 1.72 bits per heavy atom. The van der Waals surface area contributed by atoms with Gasteiger partial charge in [-0.15, -0.1) is 0 Å². The summed E-state index contributed by atoms with van der Waals surface area (Å²) in [5, 5.41) is 12.2. The number of carbonyl (C=O) groups excluding carboxylic acids is 2. The smallest absolute Gasteiger partial charge is 0.335 e. The molecule has 3 aromatic carbocycles. The number of urea groups is 1. The maximum Gasteiger partial charge on any atom is 0.335 e. The van der Waals surface area contributed by atoms with Crippen LogP contribution in [-0.2, 0) is 11.2 Å². The van der Waals surface area contributed by atoms with Gasteiger partial charge >= 0.3 is 12.0 Å². The molecule has 11 heteroatoms. The van der Waals surface area contributed by atoms with Crippen LogP contribution in [0.25, 0.3) is 0 Å². The second-order valence-corrected chi connectivity index (χ2v) is 8.75. The Balaban J connectivity index is 1.57. The molecule has 206 valence electrons. The van der Waals surface area contributed by atoms with Crippen molar-refractivity contribution in [3.8, 4) is 11.5 Å². The molecule has 0 radical (unpaired) electrons. The fourth-order valence-corrected chi connectivity index (χ4v) is 3.89. The molecule has 0 spiro atoms. The van der Waals surface area contributed by atoms with Crippen molar-refractivity contribution in [2.45, 2.75) is 6.42 Å². The summed E-state index contributed by atoms with van der Waals surface area (Å²) in [6, 6.07) is 14.3. The SMILES string of the molecule is COc1cc(CC(=O)CNCCOc2ccc(C(=O)O)cc2N(C)C)ccc1N(C(N)=O)c1ccccc1F. The molecule has 3 rings (SSSR count). The maximum atomic E-state index is 14.4. The lowest BCUT2D eigenvalue weighted by molar-refractivity contribution is -0.117. The summed E-state index contributed by atoms with van der Waals surface area (Å²) < 4.78 is 25.5. The minimum absolute atomic E-state index is 0.0194. The number of ketones is 1. The Kier molecular flexibility index (Phi) is 9.82. The monoisotopic (exact) mass is 538 g/mol. The molecule has 4 N–H and O–H groups in total. The number of hydrogen-bond acceptors (Lipinski definition) is 7. The molecule has 0 saturated carbocycles. The number of Topliss-reactive ketones (excluding diaryl/α,β-unsaturated/α-hetero) is 1. The van der Waals surface area contributed by atoms with Gasteiger partial charge in [0.25, 0.3) is 0 Å². The van der Waals surface area contributed by atoms with E-state index in [0.717, 1.165) is 4.90 Å². The Bertz CT molecular complexity index is 1350. The molecule has 39 heavy (non-hydrogen) atoms. The van der Waals surface area contributed by atoms with E-state index in [4.69, 9.17) is 15.2 Å². The second-order valence-electron chi connectivity index (χ2n) is 8.75. The minimum atomic E-state index is -1.02. The highest BCUT2D eigenvalue weighted by atomic mass is 19.1. The topological polar surface area (TPSA) is 134 Å². The highest BCUT2D eigenvalue weighted by molar-refractivity contribution is 6.00. The van der Waals surface area contributed by atoms with Crippen LogP contribution in [0.1, 0.15) is 15.9 Å². The quantitative estimate of drug-likeness (QED) is 0.281. The van der Waals surface area contributed by atoms with E-state index in [1.165, 1.54) is 37.4 Å². The number of benzene rings is 3. The summed E-state index contributed by atoms with van der Waals surface area (Å²) in [4.78, 5) is 38.7. The molecular weight excluding hydrogens is 507 g/mol. The number of para-hydroxylation sites is 1. The number of carbonyl (C=O) groups is 3. The standard InChI is InChI=1S/C28H31FN4O6/c1-32(2)24-16-19(27(35)36)9-11-25(24)39-13-12-31-17-20(34)14-18-8-10-23(26(15-18)38-3)33(28(30)37)22-7-5-4-6-21(22)29/h4-11,15-16,31H,12-14,17H2,1-3H3,(H2,30,37)(H,35,36). The van der Waals surface area contributed by atoms with E-state index in [9.17, 15) is 23.9 Å². The van der Waals surface area contributed by atoms with E-state index in [-0.39, 0.29) is 48.0 Å². The molecule has 3 aromatic rings. The summed E-state index contributed by atoms with van der Waals surface area (Å²) in [7, 11) is 4.98. The Morgan fingerprint density at radius 1 is 0.974 bits per heavy atom. The van der Waals surface area contributed by atoms with E-state index in [0.29, 0.717) is 23.5 Å². The highest BCUT2D eigenvalue weighted by Gasteiger charge is 2.22. The van der Waals surface area contributed by atoms with Crippen molar-refractivity contribution in [2.75, 3.05) is 50.7 Å². The van der Waals surface area contributed by atoms with Crippen molar-refractivity contribution >= 4 is 34.8 Å². The van der Waals surface area contributed by atoms with Crippen LogP contribution in [0.5, 0.6) is 11.5 Å². The molecule has 0 aliphatic carbocycles. The number of primary amides is 1. The van der Waals surface area contributed by atoms with Crippen LogP contribution in [0, 0.1) is 5.82 Å². The van der Waals surface area contributed by atoms with Gasteiger partial charge in [0, 0.05) is 27.1 Å². The number of ether oxygens (including phenoxy) is 2. The fraction of sp³-hybridized carbons (Fsp3) is 0.250. The molecule has 0 heterocycles. The van der Waals surface area contributed by atoms with Crippen molar-refractivity contribution in [3.63, 3.8) is 0 Å². The molecule has 0 bridgehead atoms. The first kappa shape index (κ1) is 28.9. The van der Waals surface area contributed by atoms with Gasteiger partial charge in [0.2, 0.25) is 0 Å². The van der Waals surface area contributed by atoms with E-state index >= 15 is 0 Å². The predicted octanol–water partition coefficient (Wildman–Crippen LogP) is 3.60. The van der Waals surface area contributed by atoms with Crippen LogP contribution in [0.3, 0.4) is 0 Å². The first-order chi connectivity index (χ1) is 18.6. The molecular formula is C28H31FN4O6. The van der Waals surface area contributed by atoms with Crippen LogP contribution in [0.2, 0.25) is 0 Å². The summed E-state index contributed by atoms with van der Waals surface area (Å²) >= 11 is 0. The summed E-state index contributed by atoms with van der Waals surface area (Å²) in [6.45, 7) is 0.744. The summed E-state index contributed by atoms with van der Waals surface area (Å²) in [5.41, 5.74) is 7.20. The number of hydrogen-bond donors (Lipinski definition) is 3. The number of nitrogens with zero attached hydrogens (tertiary/aromatic N) is 2. The molecule has 0 aliphatic heterocycles. The number of amides is 2. The van der Waals surface area contributed by atoms with E-state index < -0.39 is 17.8 Å². The molecule has 0 unspecified atom stereocenters. The van der Waals surface area contributed by atoms with Gasteiger partial charge in [-0.2, -0.15) is 0 Å². The number of nitrogens with two attached hydrogens (primary N) is 1. The van der Waals surface area contributed by atoms with Gasteiger partial charge in [0.1, 0.15) is 23.9 Å². The average Bonchev–Trinajstić information content (AvgIpc) is 2.90. The van der Waals surface area contributed by atoms with Crippen LogP contribution in [0.4, 0.5) is 26.2 Å². The lowest BCUT2D eigenvalue weighted by Crippen LogP contribution is -2.32. The first-order valence-electron chi connectivity index (χ1n) is 12.0. The predicted molar refractivity (Wildman–Crippen MR) is 146 cm³/mol. The molecule has 0 fully saturated rings. The zero-order valence-electron chi connectivity index (χ0n) is 21.9. The number of nitrogens with one attached hydrogen (secondary N) is 1. The fourth-order valence-electron chi connectivity index (χ4n) is 3.89. The van der Waals surface area contributed by atoms with Crippen molar-refractivity contribution in [2.24, 2.45) is 5.73 Å². The summed E-state index contributed by atoms with van der Waals surface area (Å²) in [6.07, 6.45) is 0.0994. The molecule has 0 aliphatic rings. The van der Waals surface area contributed by atoms with Crippen LogP contribution in [-0.4, -0.2) is 63.8 Å². The van der Waals surface area contributed by atoms with Crippen LogP contribution < -0.4 is 30.3 Å². The largest absolute Gasteiger partial charge is 0.495 e. The second kappa shape index (κ2) is 13.2. The van der Waals surface area contributed by atoms with Crippen molar-refractivity contribution in [1.29, 1.82) is 0 Å². The van der Waals surface area contributed by atoms with Gasteiger partial charge in [-0.25, -0.2) is 14.0 Å². The number of anilines is 3. The normalized spacial score (nSPS) is 10.6. The number of rotatable bonds is 13. The number of aromatic carboxylic acids is 1. The van der Waals surface area contributed by atoms with Crippen molar-refractivity contribution < 1.29 is 33.4 Å². The van der Waals surface area contributed by atoms with E-state index in [1.54, 1.807) is 49.3 Å². The van der Waals surface area contributed by atoms with Gasteiger partial charge in [0.05, 0.1) is 36.3 Å². The van der Waals surface area contributed by atoms with Gasteiger partial charge in [0.15, 0.2) is 5.78 Å². The van der Waals surface area contributed by atoms with Gasteiger partial charge in [-0.3, -0.25) is 9.69 Å². The maximum absolute atomic E-state index is 14.4. The lowest BCUT2D eigenvalue weighted by atomic mass is 10.1. The minimum Gasteiger partial charge on any atom is -0.495 e.